The van der Waals surface area contributed by atoms with Gasteiger partial charge < -0.3 is 37.6 Å². The smallest absolute Gasteiger partial charge is 0.323 e. The van der Waals surface area contributed by atoms with E-state index >= 15 is 0 Å². The Morgan fingerprint density at radius 3 is 2.05 bits per heavy atom. The Hall–Kier alpha value is -2.24. The quantitative estimate of drug-likeness (QED) is 0.283. The molecule has 3 aliphatic carbocycles. The zero-order valence-electron chi connectivity index (χ0n) is 21.3. The lowest BCUT2D eigenvalue weighted by atomic mass is 9.82. The molecule has 212 valence electrons. The van der Waals surface area contributed by atoms with E-state index in [1.165, 1.54) is 38.5 Å². The van der Waals surface area contributed by atoms with Crippen LogP contribution < -0.4 is 16.8 Å². The molecule has 10 nitrogen and oxygen atoms in total. The van der Waals surface area contributed by atoms with Crippen LogP contribution in [0.5, 0.6) is 0 Å². The molecule has 0 heterocycles. The van der Waals surface area contributed by atoms with E-state index in [1.807, 2.05) is 30.3 Å². The summed E-state index contributed by atoms with van der Waals surface area (Å²) in [6.45, 7) is 0.613. The Kier molecular flexibility index (Phi) is 16.3. The van der Waals surface area contributed by atoms with Gasteiger partial charge in [-0.25, -0.2) is 0 Å². The van der Waals surface area contributed by atoms with Crippen LogP contribution in [-0.4, -0.2) is 56.8 Å². The van der Waals surface area contributed by atoms with Gasteiger partial charge in [-0.05, 0) is 49.0 Å². The highest BCUT2D eigenvalue weighted by Gasteiger charge is 2.53. The van der Waals surface area contributed by atoms with E-state index in [4.69, 9.17) is 26.8 Å². The molecule has 4 rings (SSSR count). The van der Waals surface area contributed by atoms with Crippen LogP contribution in [0.1, 0.15) is 69.8 Å². The van der Waals surface area contributed by atoms with Crippen molar-refractivity contribution < 1.29 is 35.2 Å². The van der Waals surface area contributed by atoms with Crippen LogP contribution in [0.4, 0.5) is 0 Å². The molecule has 0 amide bonds. The predicted octanol–water partition coefficient (Wildman–Crippen LogP) is 2.42. The van der Waals surface area contributed by atoms with Gasteiger partial charge in [-0.15, -0.1) is 12.4 Å². The van der Waals surface area contributed by atoms with E-state index in [1.54, 1.807) is 0 Å². The van der Waals surface area contributed by atoms with Crippen molar-refractivity contribution in [2.75, 3.05) is 6.54 Å². The summed E-state index contributed by atoms with van der Waals surface area (Å²) in [4.78, 5) is 31.4. The summed E-state index contributed by atoms with van der Waals surface area (Å²) in [5, 5.41) is 28.6. The second-order valence-corrected chi connectivity index (χ2v) is 10.1. The van der Waals surface area contributed by atoms with Crippen molar-refractivity contribution >= 4 is 30.3 Å². The van der Waals surface area contributed by atoms with E-state index in [0.717, 1.165) is 18.4 Å². The number of hydrogen-bond donors (Lipinski definition) is 6. The molecule has 0 radical (unpaired) electrons. The maximum Gasteiger partial charge on any atom is 0.323 e. The first-order valence-electron chi connectivity index (χ1n) is 12.6. The lowest BCUT2D eigenvalue weighted by molar-refractivity contribution is -0.145. The molecule has 0 spiro atoms. The minimum atomic E-state index is -0.872. The molecular formula is C26H44ClN3O7. The van der Waals surface area contributed by atoms with E-state index in [0.29, 0.717) is 31.2 Å². The largest absolute Gasteiger partial charge is 0.480 e. The molecule has 0 aromatic heterocycles. The highest BCUT2D eigenvalue weighted by Crippen LogP contribution is 2.49. The number of rotatable bonds is 8. The topological polar surface area (TPSA) is 207 Å². The Morgan fingerprint density at radius 1 is 1.00 bits per heavy atom. The number of halogens is 1. The lowest BCUT2D eigenvalue weighted by Crippen LogP contribution is -2.52. The summed E-state index contributed by atoms with van der Waals surface area (Å²) in [7, 11) is 0. The van der Waals surface area contributed by atoms with Crippen LogP contribution in [0.3, 0.4) is 0 Å². The molecule has 3 fully saturated rings. The minimum Gasteiger partial charge on any atom is -0.480 e. The van der Waals surface area contributed by atoms with Gasteiger partial charge in [-0.2, -0.15) is 0 Å². The van der Waals surface area contributed by atoms with Gasteiger partial charge in [0, 0.05) is 6.54 Å². The zero-order chi connectivity index (χ0) is 25.8. The molecule has 10 N–H and O–H groups in total. The Labute approximate surface area is 224 Å². The average molecular weight is 546 g/mol. The molecule has 11 heteroatoms. The fourth-order valence-corrected chi connectivity index (χ4v) is 5.43. The van der Waals surface area contributed by atoms with Gasteiger partial charge in [-0.1, -0.05) is 68.9 Å². The molecule has 2 bridgehead atoms. The number of nitrogens with one attached hydrogen (secondary N) is 1. The Morgan fingerprint density at radius 2 is 1.62 bits per heavy atom. The molecule has 0 aliphatic heterocycles. The summed E-state index contributed by atoms with van der Waals surface area (Å²) in [5.74, 6) is -1.08. The van der Waals surface area contributed by atoms with Gasteiger partial charge in [0.15, 0.2) is 0 Å². The summed E-state index contributed by atoms with van der Waals surface area (Å²) in [6.07, 6.45) is 10.8. The van der Waals surface area contributed by atoms with E-state index in [9.17, 15) is 14.4 Å². The maximum absolute atomic E-state index is 10.8. The van der Waals surface area contributed by atoms with Crippen LogP contribution in [0, 0.1) is 17.8 Å². The standard InChI is InChI=1S/C9H11NO2.C9H17NO2.C8H13NO2.ClH.H2O/c11-9(12)7-10-6-8-4-2-1-3-5-8;10-8(9(11)12)6-7-4-2-1-3-5-7;9-8(7(10)11)4-5-1-2-6(8)3-5;;/h1-5,10H,6-7H2,(H,11,12);7-8H,1-6,10H2,(H,11,12);5-6H,1-4,9H2,(H,10,11);1H;1H2/t;8-;;;/m.0.../s1. The predicted molar refractivity (Wildman–Crippen MR) is 143 cm³/mol. The number of hydrogen-bond acceptors (Lipinski definition) is 6. The van der Waals surface area contributed by atoms with Crippen molar-refractivity contribution in [1.82, 2.24) is 5.32 Å². The number of carbonyl (C=O) groups is 3. The van der Waals surface area contributed by atoms with E-state index in [-0.39, 0.29) is 30.3 Å². The first-order chi connectivity index (χ1) is 16.6. The van der Waals surface area contributed by atoms with E-state index in [2.05, 4.69) is 5.32 Å². The fourth-order valence-electron chi connectivity index (χ4n) is 5.43. The van der Waals surface area contributed by atoms with Gasteiger partial charge in [0.25, 0.3) is 0 Å². The van der Waals surface area contributed by atoms with Gasteiger partial charge >= 0.3 is 17.9 Å². The molecule has 3 saturated carbocycles. The highest BCUT2D eigenvalue weighted by atomic mass is 35.5. The number of benzene rings is 1. The molecule has 3 aliphatic rings. The third-order valence-electron chi connectivity index (χ3n) is 7.37. The third kappa shape index (κ3) is 11.8. The molecule has 37 heavy (non-hydrogen) atoms. The Bertz CT molecular complexity index is 824. The van der Waals surface area contributed by atoms with Gasteiger partial charge in [0.2, 0.25) is 0 Å². The SMILES string of the molecule is Cl.NC1(C(=O)O)CC2CCC1C2.N[C@@H](CC1CCCCC1)C(=O)O.O.O=C(O)CNCc1ccccc1. The molecule has 3 unspecified atom stereocenters. The fraction of sp³-hybridized carbons (Fsp3) is 0.654. The second-order valence-electron chi connectivity index (χ2n) is 10.1. The maximum atomic E-state index is 10.8. The monoisotopic (exact) mass is 545 g/mol. The average Bonchev–Trinajstić information content (AvgIpc) is 3.42. The van der Waals surface area contributed by atoms with Crippen LogP contribution in [0.25, 0.3) is 0 Å². The molecule has 4 atom stereocenters. The van der Waals surface area contributed by atoms with Crippen molar-refractivity contribution in [2.24, 2.45) is 29.2 Å². The Balaban J connectivity index is 0.000000512. The first-order valence-corrected chi connectivity index (χ1v) is 12.6. The molecular weight excluding hydrogens is 502 g/mol. The molecule has 0 saturated heterocycles. The van der Waals surface area contributed by atoms with E-state index < -0.39 is 29.5 Å². The number of aliphatic carboxylic acids is 3. The summed E-state index contributed by atoms with van der Waals surface area (Å²) in [6, 6.07) is 9.05. The molecule has 1 aromatic rings. The third-order valence-corrected chi connectivity index (χ3v) is 7.37. The second kappa shape index (κ2) is 17.3. The van der Waals surface area contributed by atoms with Crippen molar-refractivity contribution in [2.45, 2.75) is 82.3 Å². The highest BCUT2D eigenvalue weighted by molar-refractivity contribution is 5.85. The summed E-state index contributed by atoms with van der Waals surface area (Å²) < 4.78 is 0. The van der Waals surface area contributed by atoms with Crippen molar-refractivity contribution in [3.8, 4) is 0 Å². The van der Waals surface area contributed by atoms with Crippen molar-refractivity contribution in [3.05, 3.63) is 35.9 Å². The number of carboxylic acid groups (broad SMARTS) is 3. The summed E-state index contributed by atoms with van der Waals surface area (Å²) >= 11 is 0. The van der Waals surface area contributed by atoms with Crippen LogP contribution >= 0.6 is 12.4 Å². The van der Waals surface area contributed by atoms with Crippen LogP contribution in [-0.2, 0) is 20.9 Å². The van der Waals surface area contributed by atoms with Gasteiger partial charge in [-0.3, -0.25) is 14.4 Å². The zero-order valence-corrected chi connectivity index (χ0v) is 22.1. The van der Waals surface area contributed by atoms with Crippen LogP contribution in [0.15, 0.2) is 30.3 Å². The van der Waals surface area contributed by atoms with Gasteiger partial charge in [0.05, 0.1) is 6.54 Å². The normalized spacial score (nSPS) is 24.6. The first kappa shape index (κ1) is 34.8. The molecule has 1 aromatic carbocycles. The van der Waals surface area contributed by atoms with Gasteiger partial charge in [0.1, 0.15) is 11.6 Å². The number of nitrogens with two attached hydrogens (primary N) is 2. The van der Waals surface area contributed by atoms with Crippen molar-refractivity contribution in [1.29, 1.82) is 0 Å². The van der Waals surface area contributed by atoms with Crippen LogP contribution in [0.2, 0.25) is 0 Å². The number of fused-ring (bicyclic) bond motifs is 2. The van der Waals surface area contributed by atoms with Crippen molar-refractivity contribution in [3.63, 3.8) is 0 Å². The lowest BCUT2D eigenvalue weighted by Gasteiger charge is -2.28. The summed E-state index contributed by atoms with van der Waals surface area (Å²) in [5.41, 5.74) is 11.5. The number of carboxylic acids is 3. The minimum absolute atomic E-state index is 0.